The van der Waals surface area contributed by atoms with Crippen LogP contribution in [0, 0.1) is 0 Å². The molecule has 1 fully saturated rings. The van der Waals surface area contributed by atoms with Gasteiger partial charge in [0.1, 0.15) is 5.82 Å². The number of aryl methyl sites for hydroxylation is 1. The second-order valence-corrected chi connectivity index (χ2v) is 10.1. The average molecular weight is 555 g/mol. The van der Waals surface area contributed by atoms with Crippen molar-refractivity contribution in [3.8, 4) is 17.2 Å². The number of rotatable bonds is 12. The van der Waals surface area contributed by atoms with Crippen LogP contribution in [-0.2, 0) is 13.1 Å². The van der Waals surface area contributed by atoms with E-state index in [4.69, 9.17) is 19.2 Å². The van der Waals surface area contributed by atoms with Crippen molar-refractivity contribution in [3.05, 3.63) is 89.8 Å². The van der Waals surface area contributed by atoms with Gasteiger partial charge in [-0.15, -0.1) is 0 Å². The van der Waals surface area contributed by atoms with Gasteiger partial charge in [0.25, 0.3) is 0 Å². The summed E-state index contributed by atoms with van der Waals surface area (Å²) in [5, 5.41) is 0. The highest BCUT2D eigenvalue weighted by Gasteiger charge is 2.21. The molecule has 0 atom stereocenters. The number of hydrogen-bond acceptors (Lipinski definition) is 7. The molecule has 1 aromatic heterocycles. The van der Waals surface area contributed by atoms with E-state index in [9.17, 15) is 4.79 Å². The number of aromatic nitrogens is 2. The van der Waals surface area contributed by atoms with Crippen molar-refractivity contribution in [1.29, 1.82) is 0 Å². The molecule has 0 unspecified atom stereocenters. The van der Waals surface area contributed by atoms with Gasteiger partial charge in [-0.2, -0.15) is 0 Å². The van der Waals surface area contributed by atoms with Crippen molar-refractivity contribution in [2.45, 2.75) is 19.5 Å². The fourth-order valence-electron chi connectivity index (χ4n) is 5.33. The first-order valence-corrected chi connectivity index (χ1v) is 14.0. The van der Waals surface area contributed by atoms with Crippen LogP contribution in [0.3, 0.4) is 0 Å². The quantitative estimate of drug-likeness (QED) is 0.224. The van der Waals surface area contributed by atoms with Gasteiger partial charge in [0.2, 0.25) is 5.75 Å². The number of carbonyl (C=O) groups excluding carboxylic acids is 1. The topological polar surface area (TPSA) is 69.1 Å². The molecule has 0 N–H and O–H groups in total. The number of para-hydroxylation sites is 2. The Morgan fingerprint density at radius 1 is 0.854 bits per heavy atom. The van der Waals surface area contributed by atoms with Crippen molar-refractivity contribution in [3.63, 3.8) is 0 Å². The number of ketones is 1. The zero-order chi connectivity index (χ0) is 28.6. The number of Topliss-reactive ketones (excluding diaryl/α,β-unsaturated/α-hetero) is 1. The summed E-state index contributed by atoms with van der Waals surface area (Å²) < 4.78 is 18.5. The van der Waals surface area contributed by atoms with E-state index >= 15 is 0 Å². The maximum absolute atomic E-state index is 13.3. The lowest BCUT2D eigenvalue weighted by Gasteiger charge is -2.34. The molecule has 0 spiro atoms. The van der Waals surface area contributed by atoms with E-state index < -0.39 is 0 Å². The third kappa shape index (κ3) is 6.78. The molecule has 214 valence electrons. The monoisotopic (exact) mass is 554 g/mol. The Bertz CT molecular complexity index is 1460. The van der Waals surface area contributed by atoms with Crippen LogP contribution in [0.2, 0.25) is 0 Å². The van der Waals surface area contributed by atoms with E-state index in [2.05, 4.69) is 56.9 Å². The fraction of sp³-hybridized carbons (Fsp3) is 0.333. The number of nitrogens with zero attached hydrogens (tertiary/aromatic N) is 4. The SMILES string of the molecule is COc1cc(C(=O)CCn2c(CN3CCN(C/C=C/c4ccccc4)CC3)nc3ccccc32)cc(OC)c1OC. The van der Waals surface area contributed by atoms with Gasteiger partial charge in [-0.25, -0.2) is 4.98 Å². The van der Waals surface area contributed by atoms with Crippen LogP contribution in [0.15, 0.2) is 72.8 Å². The third-order valence-electron chi connectivity index (χ3n) is 7.59. The van der Waals surface area contributed by atoms with Gasteiger partial charge in [0.05, 0.1) is 38.9 Å². The highest BCUT2D eigenvalue weighted by Crippen LogP contribution is 2.38. The number of benzene rings is 3. The highest BCUT2D eigenvalue weighted by atomic mass is 16.5. The number of methoxy groups -OCH3 is 3. The minimum Gasteiger partial charge on any atom is -0.493 e. The first-order valence-electron chi connectivity index (χ1n) is 14.0. The lowest BCUT2D eigenvalue weighted by molar-refractivity contribution is 0.0975. The molecule has 1 saturated heterocycles. The maximum atomic E-state index is 13.3. The van der Waals surface area contributed by atoms with Crippen molar-refractivity contribution in [1.82, 2.24) is 19.4 Å². The minimum atomic E-state index is 0.00477. The van der Waals surface area contributed by atoms with Gasteiger partial charge >= 0.3 is 0 Å². The number of ether oxygens (including phenoxy) is 3. The summed E-state index contributed by atoms with van der Waals surface area (Å²) in [5.41, 5.74) is 3.76. The zero-order valence-electron chi connectivity index (χ0n) is 24.1. The molecule has 1 aliphatic heterocycles. The van der Waals surface area contributed by atoms with E-state index in [0.717, 1.165) is 56.1 Å². The van der Waals surface area contributed by atoms with Gasteiger partial charge in [-0.05, 0) is 29.8 Å². The van der Waals surface area contributed by atoms with Crippen LogP contribution >= 0.6 is 0 Å². The molecule has 3 aromatic carbocycles. The number of imidazole rings is 1. The van der Waals surface area contributed by atoms with Crippen molar-refractivity contribution in [2.75, 3.05) is 54.1 Å². The van der Waals surface area contributed by atoms with E-state index in [0.29, 0.717) is 35.8 Å². The molecule has 0 radical (unpaired) electrons. The molecule has 8 heteroatoms. The van der Waals surface area contributed by atoms with Crippen molar-refractivity contribution in [2.24, 2.45) is 0 Å². The summed E-state index contributed by atoms with van der Waals surface area (Å²) in [7, 11) is 4.66. The minimum absolute atomic E-state index is 0.00477. The van der Waals surface area contributed by atoms with Crippen LogP contribution in [0.25, 0.3) is 17.1 Å². The summed E-state index contributed by atoms with van der Waals surface area (Å²) in [5.74, 6) is 2.41. The molecule has 8 nitrogen and oxygen atoms in total. The Labute approximate surface area is 241 Å². The van der Waals surface area contributed by atoms with Crippen molar-refractivity contribution >= 4 is 22.9 Å². The van der Waals surface area contributed by atoms with Gasteiger partial charge in [-0.3, -0.25) is 14.6 Å². The summed E-state index contributed by atoms with van der Waals surface area (Å²) in [6.45, 7) is 6.22. The third-order valence-corrected chi connectivity index (χ3v) is 7.59. The highest BCUT2D eigenvalue weighted by molar-refractivity contribution is 5.97. The Morgan fingerprint density at radius 3 is 2.20 bits per heavy atom. The maximum Gasteiger partial charge on any atom is 0.203 e. The second-order valence-electron chi connectivity index (χ2n) is 10.1. The van der Waals surface area contributed by atoms with Crippen LogP contribution in [-0.4, -0.2) is 79.2 Å². The molecular formula is C33H38N4O4. The summed E-state index contributed by atoms with van der Waals surface area (Å²) >= 11 is 0. The number of carbonyl (C=O) groups is 1. The number of fused-ring (bicyclic) bond motifs is 1. The first-order chi connectivity index (χ1) is 20.1. The average Bonchev–Trinajstić information content (AvgIpc) is 3.37. The zero-order valence-corrected chi connectivity index (χ0v) is 24.1. The normalized spacial score (nSPS) is 14.5. The number of piperazine rings is 1. The molecule has 0 amide bonds. The molecule has 5 rings (SSSR count). The molecule has 1 aliphatic rings. The van der Waals surface area contributed by atoms with Crippen LogP contribution < -0.4 is 14.2 Å². The summed E-state index contributed by atoms with van der Waals surface area (Å²) in [6, 6.07) is 22.0. The molecule has 0 bridgehead atoms. The molecule has 0 aliphatic carbocycles. The van der Waals surface area contributed by atoms with Gasteiger partial charge < -0.3 is 18.8 Å². The molecular weight excluding hydrogens is 516 g/mol. The van der Waals surface area contributed by atoms with Crippen LogP contribution in [0.1, 0.15) is 28.2 Å². The number of hydrogen-bond donors (Lipinski definition) is 0. The molecule has 2 heterocycles. The standard InChI is InChI=1S/C33H38N4O4/c1-39-30-22-26(23-31(40-2)33(30)41-3)29(38)15-17-37-28-14-8-7-13-27(28)34-32(37)24-36-20-18-35(19-21-36)16-9-12-25-10-5-4-6-11-25/h4-14,22-23H,15-21,24H2,1-3H3/b12-9+. The molecule has 0 saturated carbocycles. The Balaban J connectivity index is 1.24. The van der Waals surface area contributed by atoms with Crippen LogP contribution in [0.5, 0.6) is 17.2 Å². The smallest absolute Gasteiger partial charge is 0.203 e. The van der Waals surface area contributed by atoms with Gasteiger partial charge in [0, 0.05) is 51.3 Å². The Kier molecular flexibility index (Phi) is 9.33. The van der Waals surface area contributed by atoms with E-state index in [1.165, 1.54) is 5.56 Å². The van der Waals surface area contributed by atoms with Crippen LogP contribution in [0.4, 0.5) is 0 Å². The van der Waals surface area contributed by atoms with E-state index in [1.54, 1.807) is 33.5 Å². The Morgan fingerprint density at radius 2 is 1.51 bits per heavy atom. The van der Waals surface area contributed by atoms with E-state index in [-0.39, 0.29) is 5.78 Å². The Hall–Kier alpha value is -4.14. The predicted molar refractivity (Wildman–Crippen MR) is 162 cm³/mol. The first kappa shape index (κ1) is 28.4. The second kappa shape index (κ2) is 13.5. The molecule has 4 aromatic rings. The van der Waals surface area contributed by atoms with Gasteiger partial charge in [-0.1, -0.05) is 54.6 Å². The van der Waals surface area contributed by atoms with Crippen molar-refractivity contribution < 1.29 is 19.0 Å². The fourth-order valence-corrected chi connectivity index (χ4v) is 5.33. The lowest BCUT2D eigenvalue weighted by atomic mass is 10.1. The predicted octanol–water partition coefficient (Wildman–Crippen LogP) is 5.17. The van der Waals surface area contributed by atoms with Gasteiger partial charge in [0.15, 0.2) is 17.3 Å². The van der Waals surface area contributed by atoms with E-state index in [1.807, 2.05) is 24.3 Å². The molecule has 41 heavy (non-hydrogen) atoms. The summed E-state index contributed by atoms with van der Waals surface area (Å²) in [4.78, 5) is 23.2. The lowest BCUT2D eigenvalue weighted by Crippen LogP contribution is -2.46. The largest absolute Gasteiger partial charge is 0.493 e. The summed E-state index contributed by atoms with van der Waals surface area (Å²) in [6.07, 6.45) is 4.76.